The monoisotopic (exact) mass is 357 g/mol. The number of rotatable bonds is 2. The van der Waals surface area contributed by atoms with Crippen molar-refractivity contribution >= 4 is 11.6 Å². The smallest absolute Gasteiger partial charge is 0.264 e. The maximum atomic E-state index is 12.3. The lowest BCUT2D eigenvalue weighted by atomic mass is 9.52. The van der Waals surface area contributed by atoms with Crippen molar-refractivity contribution < 1.29 is 24.9 Å². The Labute approximate surface area is 153 Å². The van der Waals surface area contributed by atoms with Crippen molar-refractivity contribution in [1.29, 1.82) is 0 Å². The van der Waals surface area contributed by atoms with Gasteiger partial charge < -0.3 is 15.3 Å². The van der Waals surface area contributed by atoms with E-state index >= 15 is 0 Å². The van der Waals surface area contributed by atoms with Crippen LogP contribution in [0.5, 0.6) is 0 Å². The fraction of sp³-hybridized carbons (Fsp3) is 0.571. The molecule has 3 atom stereocenters. The summed E-state index contributed by atoms with van der Waals surface area (Å²) >= 11 is 0. The Hall–Kier alpha value is -1.85. The minimum Gasteiger partial charge on any atom is -0.511 e. The first kappa shape index (κ1) is 17.6. The van der Waals surface area contributed by atoms with Gasteiger partial charge in [0.15, 0.2) is 34.9 Å². The summed E-state index contributed by atoms with van der Waals surface area (Å²) in [6.45, 7) is 7.85. The van der Waals surface area contributed by atoms with Crippen molar-refractivity contribution in [3.63, 3.8) is 0 Å². The summed E-state index contributed by atoms with van der Waals surface area (Å²) in [4.78, 5) is 24.2. The molecule has 4 aliphatic rings. The Balaban J connectivity index is 1.83. The van der Waals surface area contributed by atoms with Crippen LogP contribution >= 0.6 is 0 Å². The van der Waals surface area contributed by atoms with Gasteiger partial charge in [0.05, 0.1) is 18.9 Å². The van der Waals surface area contributed by atoms with Gasteiger partial charge in [-0.25, -0.2) is 0 Å². The highest BCUT2D eigenvalue weighted by atomic mass is 16.3. The average Bonchev–Trinajstić information content (AvgIpc) is 2.86. The summed E-state index contributed by atoms with van der Waals surface area (Å²) < 4.78 is 0. The van der Waals surface area contributed by atoms with E-state index in [1.165, 1.54) is 0 Å². The topological polar surface area (TPSA) is 94.8 Å². The minimum absolute atomic E-state index is 0.0574. The van der Waals surface area contributed by atoms with Crippen LogP contribution in [-0.2, 0) is 9.59 Å². The highest BCUT2D eigenvalue weighted by Gasteiger charge is 2.70. The van der Waals surface area contributed by atoms with E-state index < -0.39 is 28.8 Å². The lowest BCUT2D eigenvalue weighted by Crippen LogP contribution is -2.53. The molecule has 0 aromatic rings. The zero-order valence-corrected chi connectivity index (χ0v) is 14.9. The summed E-state index contributed by atoms with van der Waals surface area (Å²) in [6.07, 6.45) is 3.63. The molecule has 0 aromatic carbocycles. The van der Waals surface area contributed by atoms with E-state index in [0.29, 0.717) is 32.1 Å². The molecule has 3 N–H and O–H groups in total. The number of fused-ring (bicyclic) bond motifs is 4. The number of carbonyl (C=O) groups is 2. The molecule has 0 heterocycles. The molecule has 0 unspecified atom stereocenters. The highest BCUT2D eigenvalue weighted by molar-refractivity contribution is 5.91. The van der Waals surface area contributed by atoms with Crippen LogP contribution in [0.15, 0.2) is 22.5 Å². The first-order valence-electron chi connectivity index (χ1n) is 9.27. The normalized spacial score (nSPS) is 39.6. The van der Waals surface area contributed by atoms with E-state index in [4.69, 9.17) is 0 Å². The summed E-state index contributed by atoms with van der Waals surface area (Å²) in [7, 11) is 0. The molecule has 4 aliphatic carbocycles. The van der Waals surface area contributed by atoms with Crippen LogP contribution in [0.2, 0.25) is 0 Å². The molecule has 4 rings (SSSR count). The summed E-state index contributed by atoms with van der Waals surface area (Å²) in [6, 6.07) is 0. The molecule has 3 fully saturated rings. The number of Topliss-reactive ketones (excluding diaryl/α,β-unsaturated/α-hetero) is 2. The van der Waals surface area contributed by atoms with Crippen LogP contribution in [0.1, 0.15) is 51.4 Å². The van der Waals surface area contributed by atoms with Gasteiger partial charge in [-0.3, -0.25) is 9.59 Å². The van der Waals surface area contributed by atoms with E-state index in [9.17, 15) is 24.9 Å². The standard InChI is InChI=1S/C21H24O5/c1-19-7-5-13(23)9-12(19)3-4-14-15-6-8-21(26,17(25)11-22)20(15,2)10-16(24)18(14)19/h22,26H,1-11H2/q+2/p+1/t19-,20-,21-/m0/s1. The maximum absolute atomic E-state index is 12.3. The Morgan fingerprint density at radius 1 is 1.19 bits per heavy atom. The van der Waals surface area contributed by atoms with Gasteiger partial charge in [-0.2, -0.15) is 0 Å². The molecule has 5 heteroatoms. The van der Waals surface area contributed by atoms with Crippen LogP contribution in [0.3, 0.4) is 0 Å². The van der Waals surface area contributed by atoms with Crippen molar-refractivity contribution in [3.05, 3.63) is 42.2 Å². The van der Waals surface area contributed by atoms with E-state index in [1.54, 1.807) is 0 Å². The molecule has 0 spiro atoms. The number of ketones is 2. The molecular weight excluding hydrogens is 332 g/mol. The molecule has 0 aliphatic heterocycles. The van der Waals surface area contributed by atoms with E-state index in [1.807, 2.05) is 0 Å². The number of aliphatic hydroxyl groups excluding tert-OH is 2. The summed E-state index contributed by atoms with van der Waals surface area (Å²) in [5.74, 6) is 0.777. The quantitative estimate of drug-likeness (QED) is 0.660. The molecule has 26 heavy (non-hydrogen) atoms. The second-order valence-corrected chi connectivity index (χ2v) is 8.38. The van der Waals surface area contributed by atoms with Crippen molar-refractivity contribution in [2.24, 2.45) is 10.8 Å². The average molecular weight is 357 g/mol. The van der Waals surface area contributed by atoms with Gasteiger partial charge in [0.25, 0.3) is 5.41 Å². The largest absolute Gasteiger partial charge is 0.511 e. The molecule has 0 bridgehead atoms. The van der Waals surface area contributed by atoms with Gasteiger partial charge >= 0.3 is 0 Å². The molecule has 136 valence electrons. The third kappa shape index (κ3) is 1.96. The molecule has 0 radical (unpaired) electrons. The number of hydrogen-bond donors (Lipinski definition) is 3. The molecule has 3 saturated carbocycles. The number of allylic oxidation sites excluding steroid dienone is 3. The second-order valence-electron chi connectivity index (χ2n) is 8.38. The third-order valence-corrected chi connectivity index (χ3v) is 7.21. The first-order chi connectivity index (χ1) is 12.2. The molecule has 5 nitrogen and oxygen atoms in total. The predicted molar refractivity (Wildman–Crippen MR) is 94.5 cm³/mol. The summed E-state index contributed by atoms with van der Waals surface area (Å²) in [5.41, 5.74) is -0.812. The summed E-state index contributed by atoms with van der Waals surface area (Å²) in [5, 5.41) is 31.3. The maximum Gasteiger partial charge on any atom is 0.264 e. The lowest BCUT2D eigenvalue weighted by molar-refractivity contribution is -0.148. The van der Waals surface area contributed by atoms with Crippen LogP contribution in [0, 0.1) is 30.6 Å². The highest BCUT2D eigenvalue weighted by Crippen LogP contribution is 2.65. The van der Waals surface area contributed by atoms with Gasteiger partial charge in [0, 0.05) is 19.3 Å². The molecule has 0 amide bonds. The fourth-order valence-electron chi connectivity index (χ4n) is 5.73. The van der Waals surface area contributed by atoms with Gasteiger partial charge in [-0.05, 0) is 24.0 Å². The van der Waals surface area contributed by atoms with E-state index in [-0.39, 0.29) is 24.4 Å². The van der Waals surface area contributed by atoms with Crippen molar-refractivity contribution in [2.75, 3.05) is 6.61 Å². The number of hydrogen-bond acceptors (Lipinski definition) is 5. The number of carbonyl (C=O) groups excluding carboxylic acids is 2. The van der Waals surface area contributed by atoms with Gasteiger partial charge in [-0.1, -0.05) is 0 Å². The second kappa shape index (κ2) is 5.33. The van der Waals surface area contributed by atoms with Gasteiger partial charge in [0.1, 0.15) is 25.7 Å². The Kier molecular flexibility index (Phi) is 3.60. The van der Waals surface area contributed by atoms with Crippen LogP contribution in [-0.4, -0.2) is 39.1 Å². The molecular formula is C21H25O5+3. The van der Waals surface area contributed by atoms with E-state index in [2.05, 4.69) is 13.8 Å². The van der Waals surface area contributed by atoms with Crippen molar-refractivity contribution in [3.8, 4) is 0 Å². The third-order valence-electron chi connectivity index (χ3n) is 7.21. The van der Waals surface area contributed by atoms with Gasteiger partial charge in [-0.15, -0.1) is 0 Å². The Morgan fingerprint density at radius 2 is 1.92 bits per heavy atom. The lowest BCUT2D eigenvalue weighted by Gasteiger charge is -2.41. The van der Waals surface area contributed by atoms with E-state index in [0.717, 1.165) is 29.1 Å². The van der Waals surface area contributed by atoms with Crippen LogP contribution in [0.4, 0.5) is 0 Å². The van der Waals surface area contributed by atoms with Crippen molar-refractivity contribution in [2.45, 2.75) is 57.0 Å². The van der Waals surface area contributed by atoms with Gasteiger partial charge in [0.2, 0.25) is 0 Å². The van der Waals surface area contributed by atoms with Crippen LogP contribution < -0.4 is 0 Å². The Bertz CT molecular complexity index is 762. The Morgan fingerprint density at radius 3 is 2.62 bits per heavy atom. The zero-order chi connectivity index (χ0) is 18.9. The van der Waals surface area contributed by atoms with Crippen molar-refractivity contribution in [1.82, 2.24) is 0 Å². The molecule has 0 aromatic heterocycles. The predicted octanol–water partition coefficient (Wildman–Crippen LogP) is 2.35. The SMILES string of the molecule is [CH2+][C@]12CC(O)=C3C(=C1CC[C@]2(O)C(=O)CO)CC[C+]1CC(=O)CC[C@]31[CH2+]. The number of aliphatic hydroxyl groups is 3. The molecule has 0 saturated heterocycles. The zero-order valence-electron chi connectivity index (χ0n) is 14.9. The fourth-order valence-corrected chi connectivity index (χ4v) is 5.73. The van der Waals surface area contributed by atoms with Crippen LogP contribution in [0.25, 0.3) is 0 Å². The minimum atomic E-state index is -1.76. The first-order valence-corrected chi connectivity index (χ1v) is 9.27.